The fourth-order valence-electron chi connectivity index (χ4n) is 3.91. The highest BCUT2D eigenvalue weighted by Gasteiger charge is 2.39. The lowest BCUT2D eigenvalue weighted by Gasteiger charge is -2.42. The second kappa shape index (κ2) is 9.07. The van der Waals surface area contributed by atoms with Crippen molar-refractivity contribution in [2.45, 2.75) is 39.2 Å². The first-order valence-corrected chi connectivity index (χ1v) is 9.85. The quantitative estimate of drug-likeness (QED) is 0.733. The molecule has 1 unspecified atom stereocenters. The minimum Gasteiger partial charge on any atom is -0.493 e. The molecule has 1 aliphatic heterocycles. The summed E-state index contributed by atoms with van der Waals surface area (Å²) in [7, 11) is 0. The van der Waals surface area contributed by atoms with Crippen LogP contribution in [0, 0.1) is 11.2 Å². The Bertz CT molecular complexity index is 852. The van der Waals surface area contributed by atoms with Crippen molar-refractivity contribution in [3.05, 3.63) is 48.3 Å². The number of aromatic nitrogens is 2. The molecule has 29 heavy (non-hydrogen) atoms. The number of halogens is 1. The zero-order valence-electron chi connectivity index (χ0n) is 16.6. The van der Waals surface area contributed by atoms with E-state index in [2.05, 4.69) is 4.98 Å². The molecule has 1 fully saturated rings. The van der Waals surface area contributed by atoms with Gasteiger partial charge in [-0.2, -0.15) is 0 Å². The van der Waals surface area contributed by atoms with Crippen LogP contribution >= 0.6 is 0 Å². The van der Waals surface area contributed by atoms with Crippen molar-refractivity contribution in [2.24, 2.45) is 11.1 Å². The van der Waals surface area contributed by atoms with Gasteiger partial charge in [0.2, 0.25) is 11.8 Å². The maximum atomic E-state index is 13.1. The van der Waals surface area contributed by atoms with Gasteiger partial charge in [0.15, 0.2) is 0 Å². The van der Waals surface area contributed by atoms with Gasteiger partial charge in [-0.05, 0) is 37.1 Å². The molecule has 0 saturated carbocycles. The summed E-state index contributed by atoms with van der Waals surface area (Å²) in [6.07, 6.45) is 5.86. The first-order valence-electron chi connectivity index (χ1n) is 9.85. The Balaban J connectivity index is 1.70. The third-order valence-electron chi connectivity index (χ3n) is 5.35. The van der Waals surface area contributed by atoms with E-state index in [-0.39, 0.29) is 31.3 Å². The highest BCUT2D eigenvalue weighted by Crippen LogP contribution is 2.34. The van der Waals surface area contributed by atoms with Crippen LogP contribution in [0.25, 0.3) is 0 Å². The average Bonchev–Trinajstić information content (AvgIpc) is 3.14. The molecular formula is C21H27FN4O3. The number of imidazole rings is 1. The molecule has 0 aliphatic carbocycles. The molecule has 0 spiro atoms. The van der Waals surface area contributed by atoms with E-state index in [1.54, 1.807) is 29.4 Å². The summed E-state index contributed by atoms with van der Waals surface area (Å²) in [4.78, 5) is 30.7. The summed E-state index contributed by atoms with van der Waals surface area (Å²) in [6.45, 7) is 3.47. The van der Waals surface area contributed by atoms with Crippen LogP contribution in [0.2, 0.25) is 0 Å². The van der Waals surface area contributed by atoms with Gasteiger partial charge < -0.3 is 19.9 Å². The second-order valence-electron chi connectivity index (χ2n) is 7.63. The number of likely N-dealkylation sites (tertiary alicyclic amines) is 1. The van der Waals surface area contributed by atoms with Gasteiger partial charge in [0.05, 0.1) is 6.61 Å². The van der Waals surface area contributed by atoms with Crippen molar-refractivity contribution in [3.63, 3.8) is 0 Å². The molecule has 156 valence electrons. The number of primary amides is 1. The number of benzene rings is 1. The summed E-state index contributed by atoms with van der Waals surface area (Å²) >= 11 is 0. The van der Waals surface area contributed by atoms with Crippen molar-refractivity contribution in [3.8, 4) is 5.75 Å². The number of carbonyl (C=O) groups excluding carboxylic acids is 2. The van der Waals surface area contributed by atoms with E-state index in [0.29, 0.717) is 18.8 Å². The Hall–Kier alpha value is -2.90. The average molecular weight is 402 g/mol. The summed E-state index contributed by atoms with van der Waals surface area (Å²) in [5, 5.41) is 0. The zero-order valence-corrected chi connectivity index (χ0v) is 16.6. The molecule has 1 aliphatic rings. The summed E-state index contributed by atoms with van der Waals surface area (Å²) in [6, 6.07) is 5.74. The van der Waals surface area contributed by atoms with E-state index < -0.39 is 11.3 Å². The predicted molar refractivity (Wildman–Crippen MR) is 106 cm³/mol. The molecular weight excluding hydrogens is 375 g/mol. The Labute approximate surface area is 169 Å². The number of nitrogens with zero attached hydrogens (tertiary/aromatic N) is 3. The Morgan fingerprint density at radius 1 is 1.31 bits per heavy atom. The highest BCUT2D eigenvalue weighted by molar-refractivity contribution is 5.77. The van der Waals surface area contributed by atoms with Crippen LogP contribution in [0.5, 0.6) is 5.75 Å². The van der Waals surface area contributed by atoms with E-state index in [0.717, 1.165) is 25.1 Å². The molecule has 1 atom stereocenters. The fraction of sp³-hybridized carbons (Fsp3) is 0.476. The maximum Gasteiger partial charge on any atom is 0.242 e. The van der Waals surface area contributed by atoms with E-state index in [4.69, 9.17) is 10.5 Å². The van der Waals surface area contributed by atoms with Crippen molar-refractivity contribution in [1.29, 1.82) is 0 Å². The maximum absolute atomic E-state index is 13.1. The van der Waals surface area contributed by atoms with Gasteiger partial charge in [0.25, 0.3) is 0 Å². The van der Waals surface area contributed by atoms with Crippen molar-refractivity contribution in [2.75, 3.05) is 19.7 Å². The van der Waals surface area contributed by atoms with Crippen LogP contribution in [0.4, 0.5) is 4.39 Å². The monoisotopic (exact) mass is 402 g/mol. The SMILES string of the molecule is CCc1nccn1CC(=O)N1CCCC(COc2ccc(F)cc2)(CC(N)=O)C1. The first kappa shape index (κ1) is 20.8. The molecule has 2 N–H and O–H groups in total. The number of piperidine rings is 1. The first-order chi connectivity index (χ1) is 13.9. The van der Waals surface area contributed by atoms with Gasteiger partial charge in [-0.1, -0.05) is 6.92 Å². The standard InChI is InChI=1S/C21H27FN4O3/c1-2-19-24-9-11-25(19)13-20(28)26-10-3-8-21(14-26,12-18(23)27)15-29-17-6-4-16(22)5-7-17/h4-7,9,11H,2-3,8,10,12-15H2,1H3,(H2,23,27). The molecule has 0 bridgehead atoms. The fourth-order valence-corrected chi connectivity index (χ4v) is 3.91. The number of hydrogen-bond acceptors (Lipinski definition) is 4. The Morgan fingerprint density at radius 2 is 2.07 bits per heavy atom. The molecule has 8 heteroatoms. The highest BCUT2D eigenvalue weighted by atomic mass is 19.1. The smallest absolute Gasteiger partial charge is 0.242 e. The number of carbonyl (C=O) groups is 2. The van der Waals surface area contributed by atoms with Gasteiger partial charge in [0.1, 0.15) is 23.9 Å². The molecule has 2 amide bonds. The largest absolute Gasteiger partial charge is 0.493 e. The van der Waals surface area contributed by atoms with Crippen molar-refractivity contribution < 1.29 is 18.7 Å². The second-order valence-corrected chi connectivity index (χ2v) is 7.63. The number of aryl methyl sites for hydroxylation is 1. The van der Waals surface area contributed by atoms with Crippen molar-refractivity contribution >= 4 is 11.8 Å². The van der Waals surface area contributed by atoms with Crippen LogP contribution in [0.1, 0.15) is 32.0 Å². The van der Waals surface area contributed by atoms with Gasteiger partial charge in [-0.3, -0.25) is 9.59 Å². The van der Waals surface area contributed by atoms with Gasteiger partial charge >= 0.3 is 0 Å². The minimum absolute atomic E-state index is 0.0203. The lowest BCUT2D eigenvalue weighted by atomic mass is 9.77. The summed E-state index contributed by atoms with van der Waals surface area (Å²) in [5.74, 6) is 0.589. The molecule has 2 aromatic rings. The predicted octanol–water partition coefficient (Wildman–Crippen LogP) is 2.15. The van der Waals surface area contributed by atoms with Gasteiger partial charge in [-0.25, -0.2) is 9.37 Å². The molecule has 1 aromatic heterocycles. The minimum atomic E-state index is -0.559. The number of rotatable bonds is 8. The van der Waals surface area contributed by atoms with E-state index in [1.165, 1.54) is 12.1 Å². The number of amides is 2. The van der Waals surface area contributed by atoms with Crippen LogP contribution in [0.3, 0.4) is 0 Å². The van der Waals surface area contributed by atoms with Crippen LogP contribution in [-0.2, 0) is 22.6 Å². The topological polar surface area (TPSA) is 90.4 Å². The molecule has 1 aromatic carbocycles. The molecule has 2 heterocycles. The molecule has 1 saturated heterocycles. The number of hydrogen-bond donors (Lipinski definition) is 1. The molecule has 3 rings (SSSR count). The third kappa shape index (κ3) is 5.34. The summed E-state index contributed by atoms with van der Waals surface area (Å²) < 4.78 is 20.8. The number of nitrogens with two attached hydrogens (primary N) is 1. The van der Waals surface area contributed by atoms with Crippen LogP contribution in [0.15, 0.2) is 36.7 Å². The van der Waals surface area contributed by atoms with Crippen molar-refractivity contribution in [1.82, 2.24) is 14.5 Å². The lowest BCUT2D eigenvalue weighted by molar-refractivity contribution is -0.138. The summed E-state index contributed by atoms with van der Waals surface area (Å²) in [5.41, 5.74) is 4.95. The van der Waals surface area contributed by atoms with Gasteiger partial charge in [0, 0.05) is 43.7 Å². The van der Waals surface area contributed by atoms with E-state index >= 15 is 0 Å². The normalized spacial score (nSPS) is 19.2. The Morgan fingerprint density at radius 3 is 2.76 bits per heavy atom. The van der Waals surface area contributed by atoms with Gasteiger partial charge in [-0.15, -0.1) is 0 Å². The third-order valence-corrected chi connectivity index (χ3v) is 5.35. The molecule has 7 nitrogen and oxygen atoms in total. The van der Waals surface area contributed by atoms with E-state index in [9.17, 15) is 14.0 Å². The molecule has 0 radical (unpaired) electrons. The van der Waals surface area contributed by atoms with E-state index in [1.807, 2.05) is 11.5 Å². The van der Waals surface area contributed by atoms with Crippen LogP contribution < -0.4 is 10.5 Å². The van der Waals surface area contributed by atoms with Crippen LogP contribution in [-0.4, -0.2) is 46.0 Å². The Kier molecular flexibility index (Phi) is 6.51. The number of ether oxygens (including phenoxy) is 1. The zero-order chi connectivity index (χ0) is 20.9. The lowest BCUT2D eigenvalue weighted by Crippen LogP contribution is -2.51.